The first-order valence-corrected chi connectivity index (χ1v) is 10.9. The average Bonchev–Trinajstić information content (AvgIpc) is 3.29. The number of benzene rings is 3. The fourth-order valence-corrected chi connectivity index (χ4v) is 3.48. The number of hydrogen-bond donors (Lipinski definition) is 3. The summed E-state index contributed by atoms with van der Waals surface area (Å²) in [5.41, 5.74) is 4.15. The third-order valence-electron chi connectivity index (χ3n) is 4.59. The van der Waals surface area contributed by atoms with Gasteiger partial charge < -0.3 is 19.9 Å². The number of nitrogens with zero attached hydrogens (tertiary/aromatic N) is 1. The van der Waals surface area contributed by atoms with Gasteiger partial charge in [-0.05, 0) is 82.3 Å². The number of rotatable bonds is 6. The summed E-state index contributed by atoms with van der Waals surface area (Å²) in [6.45, 7) is 0.130. The van der Waals surface area contributed by atoms with Gasteiger partial charge in [-0.1, -0.05) is 24.3 Å². The molecular weight excluding hydrogens is 537 g/mol. The minimum Gasteiger partial charge on any atom is -0.507 e. The van der Waals surface area contributed by atoms with Gasteiger partial charge >= 0.3 is 0 Å². The summed E-state index contributed by atoms with van der Waals surface area (Å²) in [5.74, 6) is 0.281. The van der Waals surface area contributed by atoms with Crippen molar-refractivity contribution in [1.29, 1.82) is 0 Å². The second kappa shape index (κ2) is 10.2. The zero-order valence-electron chi connectivity index (χ0n) is 17.1. The SMILES string of the molecule is O=C(NN=Cc1ccc(O)c(I)c1)C(=Cc1ccc2c(c1)OCO2)NC(=O)c1ccccc1. The average molecular weight is 555 g/mol. The van der Waals surface area contributed by atoms with Crippen molar-refractivity contribution in [2.75, 3.05) is 6.79 Å². The maximum absolute atomic E-state index is 12.9. The number of nitrogens with one attached hydrogen (secondary N) is 2. The fraction of sp³-hybridized carbons (Fsp3) is 0.0417. The van der Waals surface area contributed by atoms with Gasteiger partial charge in [-0.2, -0.15) is 5.10 Å². The molecule has 0 fully saturated rings. The van der Waals surface area contributed by atoms with Crippen LogP contribution in [0.3, 0.4) is 0 Å². The van der Waals surface area contributed by atoms with Crippen molar-refractivity contribution in [2.45, 2.75) is 0 Å². The quantitative estimate of drug-likeness (QED) is 0.186. The Morgan fingerprint density at radius 1 is 0.970 bits per heavy atom. The lowest BCUT2D eigenvalue weighted by molar-refractivity contribution is -0.117. The second-order valence-electron chi connectivity index (χ2n) is 6.90. The number of ether oxygens (including phenoxy) is 2. The maximum Gasteiger partial charge on any atom is 0.287 e. The summed E-state index contributed by atoms with van der Waals surface area (Å²) in [4.78, 5) is 25.5. The molecule has 0 atom stereocenters. The monoisotopic (exact) mass is 555 g/mol. The number of hydrazone groups is 1. The van der Waals surface area contributed by atoms with Gasteiger partial charge in [0.25, 0.3) is 11.8 Å². The molecule has 0 aromatic heterocycles. The highest BCUT2D eigenvalue weighted by atomic mass is 127. The largest absolute Gasteiger partial charge is 0.507 e. The minimum atomic E-state index is -0.610. The number of phenolic OH excluding ortho intramolecular Hbond substituents is 1. The fourth-order valence-electron chi connectivity index (χ4n) is 2.94. The van der Waals surface area contributed by atoms with E-state index < -0.39 is 11.8 Å². The molecule has 1 heterocycles. The summed E-state index contributed by atoms with van der Waals surface area (Å²) in [5, 5.41) is 16.2. The molecule has 3 aromatic carbocycles. The normalized spacial score (nSPS) is 12.6. The molecule has 166 valence electrons. The molecule has 9 heteroatoms. The van der Waals surface area contributed by atoms with Crippen LogP contribution in [-0.2, 0) is 4.79 Å². The van der Waals surface area contributed by atoms with Crippen molar-refractivity contribution in [1.82, 2.24) is 10.7 Å². The first-order valence-electron chi connectivity index (χ1n) is 9.79. The second-order valence-corrected chi connectivity index (χ2v) is 8.06. The van der Waals surface area contributed by atoms with Crippen LogP contribution in [0.25, 0.3) is 6.08 Å². The Balaban J connectivity index is 1.55. The standard InChI is InChI=1S/C24H18IN3O5/c25-18-10-16(6-8-20(18)29)13-26-28-24(31)19(27-23(30)17-4-2-1-3-5-17)11-15-7-9-21-22(12-15)33-14-32-21/h1-13,29H,14H2,(H,27,30)(H,28,31). The Hall–Kier alpha value is -3.86. The third kappa shape index (κ3) is 5.69. The predicted octanol–water partition coefficient (Wildman–Crippen LogP) is 3.65. The molecule has 0 saturated carbocycles. The first-order chi connectivity index (χ1) is 16.0. The highest BCUT2D eigenvalue weighted by molar-refractivity contribution is 14.1. The maximum atomic E-state index is 12.9. The topological polar surface area (TPSA) is 109 Å². The molecule has 3 aromatic rings. The van der Waals surface area contributed by atoms with Crippen LogP contribution >= 0.6 is 22.6 Å². The molecule has 0 saturated heterocycles. The molecule has 1 aliphatic rings. The molecule has 1 aliphatic heterocycles. The molecule has 0 spiro atoms. The highest BCUT2D eigenvalue weighted by Gasteiger charge is 2.16. The van der Waals surface area contributed by atoms with Crippen molar-refractivity contribution in [3.8, 4) is 17.2 Å². The van der Waals surface area contributed by atoms with E-state index >= 15 is 0 Å². The van der Waals surface area contributed by atoms with Crippen LogP contribution in [0.5, 0.6) is 17.2 Å². The van der Waals surface area contributed by atoms with Gasteiger partial charge in [0.05, 0.1) is 9.78 Å². The van der Waals surface area contributed by atoms with E-state index in [0.717, 1.165) is 0 Å². The molecule has 4 rings (SSSR count). The lowest BCUT2D eigenvalue weighted by atomic mass is 10.1. The number of fused-ring (bicyclic) bond motifs is 1. The van der Waals surface area contributed by atoms with Crippen molar-refractivity contribution in [2.24, 2.45) is 5.10 Å². The van der Waals surface area contributed by atoms with E-state index in [9.17, 15) is 14.7 Å². The van der Waals surface area contributed by atoms with E-state index in [1.165, 1.54) is 18.4 Å². The summed E-state index contributed by atoms with van der Waals surface area (Å²) in [7, 11) is 0. The van der Waals surface area contributed by atoms with Crippen molar-refractivity contribution in [3.05, 3.63) is 92.7 Å². The van der Waals surface area contributed by atoms with Gasteiger partial charge in [0.2, 0.25) is 6.79 Å². The zero-order valence-corrected chi connectivity index (χ0v) is 19.3. The summed E-state index contributed by atoms with van der Waals surface area (Å²) < 4.78 is 11.3. The van der Waals surface area contributed by atoms with Gasteiger partial charge in [-0.15, -0.1) is 0 Å². The molecular formula is C24H18IN3O5. The van der Waals surface area contributed by atoms with Gasteiger partial charge in [-0.25, -0.2) is 5.43 Å². The number of aromatic hydroxyl groups is 1. The summed E-state index contributed by atoms with van der Waals surface area (Å²) in [6.07, 6.45) is 2.97. The van der Waals surface area contributed by atoms with Crippen LogP contribution in [0.4, 0.5) is 0 Å². The van der Waals surface area contributed by atoms with Crippen molar-refractivity contribution in [3.63, 3.8) is 0 Å². The van der Waals surface area contributed by atoms with Crippen LogP contribution in [0, 0.1) is 3.57 Å². The molecule has 33 heavy (non-hydrogen) atoms. The molecule has 0 aliphatic carbocycles. The Kier molecular flexibility index (Phi) is 6.89. The highest BCUT2D eigenvalue weighted by Crippen LogP contribution is 2.33. The number of carbonyl (C=O) groups excluding carboxylic acids is 2. The van der Waals surface area contributed by atoms with Crippen LogP contribution in [0.2, 0.25) is 0 Å². The zero-order chi connectivity index (χ0) is 23.2. The Morgan fingerprint density at radius 2 is 1.73 bits per heavy atom. The summed E-state index contributed by atoms with van der Waals surface area (Å²) >= 11 is 1.99. The molecule has 0 radical (unpaired) electrons. The van der Waals surface area contributed by atoms with Gasteiger partial charge in [0.15, 0.2) is 11.5 Å². The predicted molar refractivity (Wildman–Crippen MR) is 131 cm³/mol. The lowest BCUT2D eigenvalue weighted by Gasteiger charge is -2.09. The minimum absolute atomic E-state index is 0.000144. The number of phenols is 1. The van der Waals surface area contributed by atoms with E-state index in [0.29, 0.717) is 31.8 Å². The van der Waals surface area contributed by atoms with Crippen LogP contribution in [0.1, 0.15) is 21.5 Å². The van der Waals surface area contributed by atoms with Crippen LogP contribution in [-0.4, -0.2) is 29.9 Å². The molecule has 0 unspecified atom stereocenters. The van der Waals surface area contributed by atoms with Gasteiger partial charge in [0, 0.05) is 5.56 Å². The smallest absolute Gasteiger partial charge is 0.287 e. The third-order valence-corrected chi connectivity index (χ3v) is 5.45. The molecule has 2 amide bonds. The number of halogens is 1. The van der Waals surface area contributed by atoms with Crippen LogP contribution < -0.4 is 20.2 Å². The number of carbonyl (C=O) groups is 2. The molecule has 0 bridgehead atoms. The van der Waals surface area contributed by atoms with Crippen molar-refractivity contribution < 1.29 is 24.2 Å². The van der Waals surface area contributed by atoms with Gasteiger partial charge in [0.1, 0.15) is 11.4 Å². The van der Waals surface area contributed by atoms with E-state index in [1.54, 1.807) is 60.7 Å². The number of amides is 2. The van der Waals surface area contributed by atoms with Crippen LogP contribution in [0.15, 0.2) is 77.5 Å². The van der Waals surface area contributed by atoms with E-state index in [2.05, 4.69) is 15.8 Å². The Morgan fingerprint density at radius 3 is 2.52 bits per heavy atom. The van der Waals surface area contributed by atoms with Crippen molar-refractivity contribution >= 4 is 46.7 Å². The summed E-state index contributed by atoms with van der Waals surface area (Å²) in [6, 6.07) is 18.7. The Labute approximate surface area is 203 Å². The lowest BCUT2D eigenvalue weighted by Crippen LogP contribution is -2.32. The first kappa shape index (κ1) is 22.3. The van der Waals surface area contributed by atoms with E-state index in [-0.39, 0.29) is 18.2 Å². The Bertz CT molecular complexity index is 1260. The number of hydrogen-bond acceptors (Lipinski definition) is 6. The van der Waals surface area contributed by atoms with Gasteiger partial charge in [-0.3, -0.25) is 9.59 Å². The van der Waals surface area contributed by atoms with E-state index in [4.69, 9.17) is 9.47 Å². The van der Waals surface area contributed by atoms with E-state index in [1.807, 2.05) is 22.6 Å². The molecule has 8 nitrogen and oxygen atoms in total. The molecule has 3 N–H and O–H groups in total.